The van der Waals surface area contributed by atoms with Crippen LogP contribution in [0, 0.1) is 5.41 Å². The van der Waals surface area contributed by atoms with E-state index >= 15 is 0 Å². The lowest BCUT2D eigenvalue weighted by Crippen LogP contribution is -2.41. The second kappa shape index (κ2) is 4.91. The van der Waals surface area contributed by atoms with Gasteiger partial charge in [0, 0.05) is 6.42 Å². The molecule has 2 heterocycles. The van der Waals surface area contributed by atoms with Crippen molar-refractivity contribution >= 4 is 23.7 Å². The van der Waals surface area contributed by atoms with Crippen LogP contribution in [0.15, 0.2) is 4.99 Å². The number of nitrogens with two attached hydrogens (primary N) is 1. The number of nitrogens with one attached hydrogen (secondary N) is 2. The highest BCUT2D eigenvalue weighted by molar-refractivity contribution is 6.48. The zero-order valence-electron chi connectivity index (χ0n) is 9.74. The Hall–Kier alpha value is -2.04. The maximum absolute atomic E-state index is 11.6. The van der Waals surface area contributed by atoms with Gasteiger partial charge in [-0.15, -0.1) is 0 Å². The van der Waals surface area contributed by atoms with Gasteiger partial charge in [-0.25, -0.2) is 9.69 Å². The van der Waals surface area contributed by atoms with Crippen LogP contribution in [0.1, 0.15) is 6.42 Å². The number of hydrogen-bond donors (Lipinski definition) is 5. The molecule has 19 heavy (non-hydrogen) atoms. The minimum absolute atomic E-state index is 0.0167. The van der Waals surface area contributed by atoms with Crippen molar-refractivity contribution in [2.24, 2.45) is 10.7 Å². The summed E-state index contributed by atoms with van der Waals surface area (Å²) < 4.78 is 5.26. The van der Waals surface area contributed by atoms with Crippen LogP contribution in [0.25, 0.3) is 0 Å². The van der Waals surface area contributed by atoms with E-state index in [1.165, 1.54) is 0 Å². The van der Waals surface area contributed by atoms with Crippen LogP contribution in [-0.4, -0.2) is 63.9 Å². The number of guanidine groups is 1. The predicted molar refractivity (Wildman–Crippen MR) is 61.1 cm³/mol. The van der Waals surface area contributed by atoms with Gasteiger partial charge in [0.2, 0.25) is 11.8 Å². The number of nitrogens with zero attached hydrogens (tertiary/aromatic N) is 2. The lowest BCUT2D eigenvalue weighted by molar-refractivity contribution is -0.113. The van der Waals surface area contributed by atoms with Crippen LogP contribution in [0.5, 0.6) is 0 Å². The van der Waals surface area contributed by atoms with Gasteiger partial charge >= 0.3 is 6.03 Å². The molecule has 2 rings (SSSR count). The Labute approximate surface area is 107 Å². The van der Waals surface area contributed by atoms with Crippen molar-refractivity contribution < 1.29 is 24.5 Å². The zero-order valence-corrected chi connectivity index (χ0v) is 9.74. The molecule has 2 saturated heterocycles. The van der Waals surface area contributed by atoms with Crippen LogP contribution in [-0.2, 0) is 9.53 Å². The van der Waals surface area contributed by atoms with Gasteiger partial charge in [-0.3, -0.25) is 15.5 Å². The fraction of sp³-hybridized carbons (Fsp3) is 0.556. The third-order valence-electron chi connectivity index (χ3n) is 2.77. The minimum Gasteiger partial charge on any atom is -0.394 e. The van der Waals surface area contributed by atoms with Crippen molar-refractivity contribution in [3.05, 3.63) is 0 Å². The molecule has 0 aromatic rings. The standard InChI is InChI=1S/C9H13N5O5/c10-8(11)12-6-7(17)13-9(18)14(6)5-1-3(16)4(2-15)19-5/h3-5,15-16H,1-2H2,(H3,10,11)(H,13,17,18)/t3-,4+,5+/m0/s1. The van der Waals surface area contributed by atoms with Crippen LogP contribution in [0.2, 0.25) is 0 Å². The van der Waals surface area contributed by atoms with Gasteiger partial charge in [0.15, 0.2) is 0 Å². The molecule has 2 aliphatic heterocycles. The maximum atomic E-state index is 11.6. The van der Waals surface area contributed by atoms with Gasteiger partial charge in [0.05, 0.1) is 12.7 Å². The van der Waals surface area contributed by atoms with E-state index in [0.717, 1.165) is 4.90 Å². The highest BCUT2D eigenvalue weighted by Crippen LogP contribution is 2.25. The molecule has 2 fully saturated rings. The van der Waals surface area contributed by atoms with Gasteiger partial charge in [0.25, 0.3) is 5.91 Å². The Morgan fingerprint density at radius 1 is 1.63 bits per heavy atom. The summed E-state index contributed by atoms with van der Waals surface area (Å²) in [7, 11) is 0. The lowest BCUT2D eigenvalue weighted by Gasteiger charge is -2.21. The number of amides is 3. The molecular formula is C9H13N5O5. The lowest BCUT2D eigenvalue weighted by atomic mass is 10.2. The van der Waals surface area contributed by atoms with Crippen LogP contribution in [0.3, 0.4) is 0 Å². The summed E-state index contributed by atoms with van der Waals surface area (Å²) in [5, 5.41) is 27.6. The van der Waals surface area contributed by atoms with Gasteiger partial charge in [-0.05, 0) is 0 Å². The number of ether oxygens (including phenoxy) is 1. The summed E-state index contributed by atoms with van der Waals surface area (Å²) in [5.74, 6) is -1.80. The molecule has 0 saturated carbocycles. The zero-order chi connectivity index (χ0) is 14.2. The van der Waals surface area contributed by atoms with Gasteiger partial charge in [-0.1, -0.05) is 0 Å². The molecule has 10 nitrogen and oxygen atoms in total. The number of imide groups is 1. The summed E-state index contributed by atoms with van der Waals surface area (Å²) in [6, 6.07) is -0.777. The molecule has 2 aliphatic rings. The van der Waals surface area contributed by atoms with Gasteiger partial charge in [-0.2, -0.15) is 4.99 Å². The summed E-state index contributed by atoms with van der Waals surface area (Å²) in [5.41, 5.74) is 5.07. The number of carbonyl (C=O) groups excluding carboxylic acids is 2. The predicted octanol–water partition coefficient (Wildman–Crippen LogP) is -2.70. The molecule has 3 atom stereocenters. The quantitative estimate of drug-likeness (QED) is 0.208. The molecule has 0 bridgehead atoms. The van der Waals surface area contributed by atoms with E-state index in [1.54, 1.807) is 0 Å². The molecule has 3 amide bonds. The first-order valence-corrected chi connectivity index (χ1v) is 5.45. The summed E-state index contributed by atoms with van der Waals surface area (Å²) in [6.07, 6.45) is -2.73. The molecule has 0 radical (unpaired) electrons. The monoisotopic (exact) mass is 271 g/mol. The molecule has 0 aromatic carbocycles. The maximum Gasteiger partial charge on any atom is 0.332 e. The van der Waals surface area contributed by atoms with Crippen molar-refractivity contribution in [3.8, 4) is 0 Å². The van der Waals surface area contributed by atoms with Crippen molar-refractivity contribution in [1.82, 2.24) is 10.2 Å². The molecule has 104 valence electrons. The number of rotatable bonds is 2. The van der Waals surface area contributed by atoms with Crippen LogP contribution in [0.4, 0.5) is 4.79 Å². The molecule has 0 aromatic heterocycles. The second-order valence-electron chi connectivity index (χ2n) is 4.06. The number of aliphatic imine (C=N–C) groups is 1. The number of carbonyl (C=O) groups is 2. The Bertz CT molecular complexity index is 464. The number of hydrogen-bond acceptors (Lipinski definition) is 6. The van der Waals surface area contributed by atoms with Gasteiger partial charge < -0.3 is 20.7 Å². The van der Waals surface area contributed by atoms with Crippen molar-refractivity contribution in [1.29, 1.82) is 5.41 Å². The van der Waals surface area contributed by atoms with Crippen LogP contribution >= 0.6 is 0 Å². The van der Waals surface area contributed by atoms with Gasteiger partial charge in [0.1, 0.15) is 12.3 Å². The fourth-order valence-electron chi connectivity index (χ4n) is 1.94. The topological polar surface area (TPSA) is 161 Å². The third-order valence-corrected chi connectivity index (χ3v) is 2.77. The van der Waals surface area contributed by atoms with Crippen LogP contribution < -0.4 is 11.1 Å². The average Bonchev–Trinajstić information content (AvgIpc) is 2.80. The number of aliphatic hydroxyl groups excluding tert-OH is 2. The first-order chi connectivity index (χ1) is 8.93. The molecule has 6 N–H and O–H groups in total. The van der Waals surface area contributed by atoms with E-state index in [9.17, 15) is 14.7 Å². The van der Waals surface area contributed by atoms with E-state index in [4.69, 9.17) is 21.0 Å². The number of amidine groups is 1. The smallest absolute Gasteiger partial charge is 0.332 e. The Morgan fingerprint density at radius 3 is 2.84 bits per heavy atom. The molecule has 10 heteroatoms. The summed E-state index contributed by atoms with van der Waals surface area (Å²) in [6.45, 7) is -0.416. The van der Waals surface area contributed by atoms with E-state index in [-0.39, 0.29) is 12.3 Å². The number of aliphatic hydroxyl groups is 2. The van der Waals surface area contributed by atoms with Crippen molar-refractivity contribution in [2.75, 3.05) is 6.61 Å². The van der Waals surface area contributed by atoms with E-state index in [1.807, 2.05) is 5.32 Å². The van der Waals surface area contributed by atoms with Crippen molar-refractivity contribution in [2.45, 2.75) is 24.9 Å². The minimum atomic E-state index is -0.961. The second-order valence-corrected chi connectivity index (χ2v) is 4.06. The van der Waals surface area contributed by atoms with Crippen molar-refractivity contribution in [3.63, 3.8) is 0 Å². The van der Waals surface area contributed by atoms with E-state index in [0.29, 0.717) is 0 Å². The number of urea groups is 1. The first kappa shape index (κ1) is 13.4. The first-order valence-electron chi connectivity index (χ1n) is 5.45. The highest BCUT2D eigenvalue weighted by atomic mass is 16.5. The fourth-order valence-corrected chi connectivity index (χ4v) is 1.94. The normalized spacial score (nSPS) is 33.1. The third kappa shape index (κ3) is 2.41. The summed E-state index contributed by atoms with van der Waals surface area (Å²) in [4.78, 5) is 27.5. The molecule has 0 unspecified atom stereocenters. The molecule has 0 spiro atoms. The Balaban J connectivity index is 2.25. The van der Waals surface area contributed by atoms with E-state index in [2.05, 4.69) is 4.99 Å². The molecule has 0 aliphatic carbocycles. The molecular weight excluding hydrogens is 258 g/mol. The SMILES string of the molecule is N=C(N)N=C1C(=O)NC(=O)N1[C@H]1C[C@H](O)[C@@H](CO)O1. The summed E-state index contributed by atoms with van der Waals surface area (Å²) >= 11 is 0. The highest BCUT2D eigenvalue weighted by Gasteiger charge is 2.46. The Kier molecular flexibility index (Phi) is 3.46. The Morgan fingerprint density at radius 2 is 2.32 bits per heavy atom. The van der Waals surface area contributed by atoms with E-state index < -0.39 is 42.9 Å². The largest absolute Gasteiger partial charge is 0.394 e. The average molecular weight is 271 g/mol.